The highest BCUT2D eigenvalue weighted by Crippen LogP contribution is 2.37. The molecule has 3 rings (SSSR count). The summed E-state index contributed by atoms with van der Waals surface area (Å²) >= 11 is 3.34. The molecule has 3 aromatic rings. The maximum absolute atomic E-state index is 15.7. The van der Waals surface area contributed by atoms with Crippen molar-refractivity contribution in [2.45, 2.75) is 26.9 Å². The average molecular weight is 532 g/mol. The van der Waals surface area contributed by atoms with Gasteiger partial charge in [0.1, 0.15) is 17.2 Å². The molecule has 0 heterocycles. The van der Waals surface area contributed by atoms with E-state index in [2.05, 4.69) is 15.9 Å². The Kier molecular flexibility index (Phi) is 8.93. The van der Waals surface area contributed by atoms with Gasteiger partial charge >= 0.3 is 0 Å². The number of anilines is 1. The Labute approximate surface area is 207 Å². The van der Waals surface area contributed by atoms with Crippen molar-refractivity contribution >= 4 is 27.7 Å². The lowest BCUT2D eigenvalue weighted by Crippen LogP contribution is -2.25. The molecule has 0 amide bonds. The van der Waals surface area contributed by atoms with Gasteiger partial charge in [0.25, 0.3) is 0 Å². The van der Waals surface area contributed by atoms with Crippen LogP contribution in [0.15, 0.2) is 59.3 Å². The normalized spacial score (nSPS) is 11.0. The second kappa shape index (κ2) is 11.9. The largest absolute Gasteiger partial charge is 0.501 e. The molecule has 0 N–H and O–H groups in total. The highest BCUT2D eigenvalue weighted by molar-refractivity contribution is 9.10. The Morgan fingerprint density at radius 2 is 1.35 bits per heavy atom. The lowest BCUT2D eigenvalue weighted by molar-refractivity contribution is 0.272. The SMILES string of the molecule is CCOC=Cc1c(C)c(F)c(N(Cc2ccc(OC)cc2)Cc2ccc(OC)cc2)c(F)c1Br. The van der Waals surface area contributed by atoms with Crippen LogP contribution in [0.2, 0.25) is 0 Å². The summed E-state index contributed by atoms with van der Waals surface area (Å²) in [4.78, 5) is 1.70. The van der Waals surface area contributed by atoms with Gasteiger partial charge in [-0.05, 0) is 76.8 Å². The number of nitrogens with zero attached hydrogens (tertiary/aromatic N) is 1. The molecule has 0 aromatic heterocycles. The Bertz CT molecular complexity index is 1050. The van der Waals surface area contributed by atoms with Gasteiger partial charge < -0.3 is 19.1 Å². The summed E-state index contributed by atoms with van der Waals surface area (Å²) in [5, 5.41) is 0. The van der Waals surface area contributed by atoms with Crippen molar-refractivity contribution in [1.29, 1.82) is 0 Å². The third-order valence-corrected chi connectivity index (χ3v) is 6.23. The number of rotatable bonds is 10. The molecule has 7 heteroatoms. The fourth-order valence-corrected chi connectivity index (χ4v) is 4.20. The van der Waals surface area contributed by atoms with Gasteiger partial charge in [-0.1, -0.05) is 24.3 Å². The molecule has 3 aromatic carbocycles. The smallest absolute Gasteiger partial charge is 0.164 e. The highest BCUT2D eigenvalue weighted by atomic mass is 79.9. The molecule has 0 aliphatic rings. The van der Waals surface area contributed by atoms with Crippen molar-refractivity contribution in [3.05, 3.63) is 93.2 Å². The highest BCUT2D eigenvalue weighted by Gasteiger charge is 2.25. The molecule has 0 aliphatic carbocycles. The number of hydrogen-bond acceptors (Lipinski definition) is 4. The minimum Gasteiger partial charge on any atom is -0.501 e. The van der Waals surface area contributed by atoms with Crippen molar-refractivity contribution in [2.75, 3.05) is 25.7 Å². The standard InChI is InChI=1S/C27H28BrF2NO3/c1-5-34-15-14-23-18(2)25(29)27(26(30)24(23)28)31(16-19-6-10-21(32-3)11-7-19)17-20-8-12-22(33-4)13-9-20/h6-15H,5,16-17H2,1-4H3. The van der Waals surface area contributed by atoms with Crippen LogP contribution < -0.4 is 14.4 Å². The molecule has 0 bridgehead atoms. The Morgan fingerprint density at radius 1 is 0.853 bits per heavy atom. The van der Waals surface area contributed by atoms with Crippen LogP contribution >= 0.6 is 15.9 Å². The molecule has 180 valence electrons. The van der Waals surface area contributed by atoms with Crippen molar-refractivity contribution < 1.29 is 23.0 Å². The molecular formula is C27H28BrF2NO3. The molecule has 0 spiro atoms. The van der Waals surface area contributed by atoms with E-state index in [1.165, 1.54) is 6.26 Å². The Morgan fingerprint density at radius 3 is 1.79 bits per heavy atom. The van der Waals surface area contributed by atoms with Gasteiger partial charge in [0.05, 0.1) is 31.6 Å². The number of ether oxygens (including phenoxy) is 3. The fraction of sp³-hybridized carbons (Fsp3) is 0.259. The summed E-state index contributed by atoms with van der Waals surface area (Å²) in [6, 6.07) is 14.9. The van der Waals surface area contributed by atoms with Crippen molar-refractivity contribution in [3.63, 3.8) is 0 Å². The van der Waals surface area contributed by atoms with E-state index in [1.807, 2.05) is 55.5 Å². The molecule has 0 unspecified atom stereocenters. The Balaban J connectivity index is 2.06. The third-order valence-electron chi connectivity index (χ3n) is 5.46. The van der Waals surface area contributed by atoms with Gasteiger partial charge in [0.2, 0.25) is 0 Å². The van der Waals surface area contributed by atoms with Crippen LogP contribution in [0.5, 0.6) is 11.5 Å². The van der Waals surface area contributed by atoms with Gasteiger partial charge in [0.15, 0.2) is 11.6 Å². The van der Waals surface area contributed by atoms with E-state index in [1.54, 1.807) is 32.1 Å². The number of benzene rings is 3. The van der Waals surface area contributed by atoms with Crippen LogP contribution in [0.25, 0.3) is 6.08 Å². The van der Waals surface area contributed by atoms with Crippen molar-refractivity contribution in [3.8, 4) is 11.5 Å². The zero-order chi connectivity index (χ0) is 24.7. The first kappa shape index (κ1) is 25.6. The minimum absolute atomic E-state index is 0.0930. The number of halogens is 3. The van der Waals surface area contributed by atoms with E-state index >= 15 is 8.78 Å². The van der Waals surface area contributed by atoms with E-state index in [0.717, 1.165) is 11.1 Å². The molecule has 34 heavy (non-hydrogen) atoms. The second-order valence-electron chi connectivity index (χ2n) is 7.64. The monoisotopic (exact) mass is 531 g/mol. The first-order valence-corrected chi connectivity index (χ1v) is 11.6. The van der Waals surface area contributed by atoms with Gasteiger partial charge in [-0.3, -0.25) is 0 Å². The minimum atomic E-state index is -0.665. The average Bonchev–Trinajstić information content (AvgIpc) is 2.86. The molecule has 0 aliphatic heterocycles. The van der Waals surface area contributed by atoms with Crippen molar-refractivity contribution in [2.24, 2.45) is 0 Å². The van der Waals surface area contributed by atoms with Crippen LogP contribution in [-0.2, 0) is 17.8 Å². The van der Waals surface area contributed by atoms with Gasteiger partial charge in [-0.2, -0.15) is 0 Å². The van der Waals surface area contributed by atoms with E-state index in [4.69, 9.17) is 14.2 Å². The van der Waals surface area contributed by atoms with Crippen LogP contribution in [-0.4, -0.2) is 20.8 Å². The lowest BCUT2D eigenvalue weighted by atomic mass is 10.0. The molecule has 0 fully saturated rings. The van der Waals surface area contributed by atoms with Gasteiger partial charge in [-0.25, -0.2) is 8.78 Å². The van der Waals surface area contributed by atoms with E-state index in [-0.39, 0.29) is 10.2 Å². The zero-order valence-electron chi connectivity index (χ0n) is 19.7. The van der Waals surface area contributed by atoms with Crippen LogP contribution in [0.4, 0.5) is 14.5 Å². The quantitative estimate of drug-likeness (QED) is 0.203. The maximum Gasteiger partial charge on any atom is 0.164 e. The third kappa shape index (κ3) is 5.89. The van der Waals surface area contributed by atoms with Crippen LogP contribution in [0.1, 0.15) is 29.2 Å². The molecular weight excluding hydrogens is 504 g/mol. The first-order valence-electron chi connectivity index (χ1n) is 10.9. The summed E-state index contributed by atoms with van der Waals surface area (Å²) in [5.41, 5.74) is 2.42. The van der Waals surface area contributed by atoms with E-state index in [9.17, 15) is 0 Å². The topological polar surface area (TPSA) is 30.9 Å². The fourth-order valence-electron chi connectivity index (χ4n) is 3.58. The summed E-state index contributed by atoms with van der Waals surface area (Å²) in [6.07, 6.45) is 3.01. The summed E-state index contributed by atoms with van der Waals surface area (Å²) in [7, 11) is 3.19. The van der Waals surface area contributed by atoms with E-state index in [0.29, 0.717) is 42.3 Å². The zero-order valence-corrected chi connectivity index (χ0v) is 21.3. The van der Waals surface area contributed by atoms with Gasteiger partial charge in [0, 0.05) is 18.7 Å². The molecule has 4 nitrogen and oxygen atoms in total. The molecule has 0 saturated heterocycles. The van der Waals surface area contributed by atoms with E-state index < -0.39 is 11.6 Å². The van der Waals surface area contributed by atoms with Gasteiger partial charge in [-0.15, -0.1) is 0 Å². The van der Waals surface area contributed by atoms with Crippen molar-refractivity contribution in [1.82, 2.24) is 0 Å². The maximum atomic E-state index is 15.7. The number of hydrogen-bond donors (Lipinski definition) is 0. The van der Waals surface area contributed by atoms with Crippen LogP contribution in [0, 0.1) is 18.6 Å². The second-order valence-corrected chi connectivity index (χ2v) is 8.43. The summed E-state index contributed by atoms with van der Waals surface area (Å²) in [5.74, 6) is 0.152. The molecule has 0 saturated carbocycles. The first-order chi connectivity index (χ1) is 16.4. The predicted molar refractivity (Wildman–Crippen MR) is 135 cm³/mol. The summed E-state index contributed by atoms with van der Waals surface area (Å²) in [6.45, 7) is 4.53. The summed E-state index contributed by atoms with van der Waals surface area (Å²) < 4.78 is 47.2. The molecule has 0 atom stereocenters. The lowest BCUT2D eigenvalue weighted by Gasteiger charge is -2.28. The molecule has 0 radical (unpaired) electrons. The predicted octanol–water partition coefficient (Wildman–Crippen LogP) is 7.27. The number of methoxy groups -OCH3 is 2. The van der Waals surface area contributed by atoms with Crippen LogP contribution in [0.3, 0.4) is 0 Å². The Hall–Kier alpha value is -3.06.